The van der Waals surface area contributed by atoms with Gasteiger partial charge in [-0.2, -0.15) is 0 Å². The van der Waals surface area contributed by atoms with Crippen molar-refractivity contribution in [3.63, 3.8) is 0 Å². The van der Waals surface area contributed by atoms with Gasteiger partial charge in [0, 0.05) is 44.4 Å². The van der Waals surface area contributed by atoms with E-state index in [1.165, 1.54) is 133 Å². The zero-order valence-corrected chi connectivity index (χ0v) is 55.8. The smallest absolute Gasteiger partial charge is 0.0540 e. The molecule has 2 aliphatic rings. The largest absolute Gasteiger partial charge is 0.310 e. The second-order valence-electron chi connectivity index (χ2n) is 29.1. The molecule has 0 aromatic heterocycles. The van der Waals surface area contributed by atoms with Gasteiger partial charge in [0.1, 0.15) is 0 Å². The molecule has 94 heavy (non-hydrogen) atoms. The average molecular weight is 1210 g/mol. The van der Waals surface area contributed by atoms with Gasteiger partial charge >= 0.3 is 0 Å². The lowest BCUT2D eigenvalue weighted by atomic mass is 9.81. The van der Waals surface area contributed by atoms with Crippen molar-refractivity contribution in [3.8, 4) is 44.5 Å². The van der Waals surface area contributed by atoms with E-state index < -0.39 is 0 Å². The predicted octanol–water partition coefficient (Wildman–Crippen LogP) is 25.8. The normalized spacial score (nSPS) is 13.7. The van der Waals surface area contributed by atoms with Gasteiger partial charge in [-0.15, -0.1) is 0 Å². The Morgan fingerprint density at radius 1 is 0.266 bits per heavy atom. The molecule has 2 nitrogen and oxygen atoms in total. The van der Waals surface area contributed by atoms with Crippen LogP contribution in [0.2, 0.25) is 0 Å². The highest BCUT2D eigenvalue weighted by Crippen LogP contribution is 2.54. The van der Waals surface area contributed by atoms with Crippen LogP contribution in [0.3, 0.4) is 0 Å². The van der Waals surface area contributed by atoms with Gasteiger partial charge in [-0.1, -0.05) is 312 Å². The van der Waals surface area contributed by atoms with Gasteiger partial charge in [-0.25, -0.2) is 0 Å². The first kappa shape index (κ1) is 59.7. The highest BCUT2D eigenvalue weighted by Gasteiger charge is 2.38. The van der Waals surface area contributed by atoms with Crippen molar-refractivity contribution in [2.75, 3.05) is 9.80 Å². The topological polar surface area (TPSA) is 6.48 Å². The van der Waals surface area contributed by atoms with E-state index in [1.807, 2.05) is 0 Å². The number of hydrogen-bond donors (Lipinski definition) is 0. The highest BCUT2D eigenvalue weighted by molar-refractivity contribution is 6.01. The molecule has 2 heteroatoms. The van der Waals surface area contributed by atoms with Crippen LogP contribution in [0.15, 0.2) is 279 Å². The van der Waals surface area contributed by atoms with Crippen LogP contribution in [0.5, 0.6) is 0 Å². The molecule has 458 valence electrons. The van der Waals surface area contributed by atoms with Crippen molar-refractivity contribution in [3.05, 3.63) is 335 Å². The minimum absolute atomic E-state index is 0.0674. The van der Waals surface area contributed by atoms with E-state index in [0.717, 1.165) is 22.7 Å². The highest BCUT2D eigenvalue weighted by atomic mass is 15.1. The third-order valence-corrected chi connectivity index (χ3v) is 20.2. The lowest BCUT2D eigenvalue weighted by Gasteiger charge is -2.30. The van der Waals surface area contributed by atoms with Gasteiger partial charge in [-0.3, -0.25) is 0 Å². The maximum Gasteiger partial charge on any atom is 0.0540 e. The fraction of sp³-hybridized carbons (Fsp3) is 0.152. The van der Waals surface area contributed by atoms with Crippen molar-refractivity contribution < 1.29 is 0 Å². The Balaban J connectivity index is 0.610. The monoisotopic (exact) mass is 1210 g/mol. The Morgan fingerprint density at radius 3 is 0.915 bits per heavy atom. The van der Waals surface area contributed by atoms with Crippen molar-refractivity contribution in [2.24, 2.45) is 0 Å². The van der Waals surface area contributed by atoms with E-state index in [2.05, 4.69) is 382 Å². The molecule has 0 heterocycles. The van der Waals surface area contributed by atoms with Gasteiger partial charge in [0.2, 0.25) is 0 Å². The Bertz CT molecular complexity index is 4760. The summed E-state index contributed by atoms with van der Waals surface area (Å²) in [6, 6.07) is 104. The molecule has 13 aromatic carbocycles. The van der Waals surface area contributed by atoms with Gasteiger partial charge in [-0.05, 0) is 182 Å². The molecule has 0 saturated carbocycles. The number of fused-ring (bicyclic) bond motifs is 8. The number of hydrogen-bond acceptors (Lipinski definition) is 2. The summed E-state index contributed by atoms with van der Waals surface area (Å²) >= 11 is 0. The minimum Gasteiger partial charge on any atom is -0.310 e. The quantitative estimate of drug-likeness (QED) is 0.113. The molecule has 15 rings (SSSR count). The molecule has 0 radical (unpaired) electrons. The fourth-order valence-electron chi connectivity index (χ4n) is 14.7. The van der Waals surface area contributed by atoms with Gasteiger partial charge in [0.05, 0.1) is 11.4 Å². The summed E-state index contributed by atoms with van der Waals surface area (Å²) in [6.07, 6.45) is 9.00. The molecule has 13 aromatic rings. The van der Waals surface area contributed by atoms with Crippen molar-refractivity contribution in [1.29, 1.82) is 0 Å². The van der Waals surface area contributed by atoms with Crippen LogP contribution in [0.1, 0.15) is 125 Å². The first-order chi connectivity index (χ1) is 45.3. The summed E-state index contributed by atoms with van der Waals surface area (Å²) in [4.78, 5) is 4.89. The fourth-order valence-corrected chi connectivity index (χ4v) is 14.7. The van der Waals surface area contributed by atoms with Crippen LogP contribution in [0.4, 0.5) is 34.1 Å². The predicted molar refractivity (Wildman–Crippen MR) is 405 cm³/mol. The third kappa shape index (κ3) is 10.9. The maximum atomic E-state index is 2.44. The van der Waals surface area contributed by atoms with Crippen molar-refractivity contribution in [1.82, 2.24) is 0 Å². The maximum absolute atomic E-state index is 2.44. The zero-order chi connectivity index (χ0) is 64.7. The number of nitrogens with zero attached hydrogens (tertiary/aromatic N) is 2. The van der Waals surface area contributed by atoms with E-state index in [-0.39, 0.29) is 21.7 Å². The Labute approximate surface area is 556 Å². The molecule has 0 spiro atoms. The molecular weight excluding hydrogens is 1130 g/mol. The van der Waals surface area contributed by atoms with E-state index >= 15 is 0 Å². The summed E-state index contributed by atoms with van der Waals surface area (Å²) in [6.45, 7) is 23.2. The average Bonchev–Trinajstić information content (AvgIpc) is 1.56. The van der Waals surface area contributed by atoms with Gasteiger partial charge < -0.3 is 9.80 Å². The standard InChI is InChI=1S/C92H80N2/c1-89(2,3)71-43-47-73(48-44-71)93(87-23-15-19-69-17-11-13-21-77(69)87)75-51-55-81-79-53-33-63(57-83(79)91(7,8)85(81)59-75)27-25-61-29-35-65(36-30-61)67-39-41-68(42-40-67)66-37-31-62(32-38-66)26-28-64-34-54-80-82-56-52-76(60-86(82)92(9,10)84(80)58-64)94(74-49-45-72(46-50-74)90(4,5)6)88-24-16-20-70-18-12-14-22-78(70)88/h11-60H,1-10H3. The first-order valence-corrected chi connectivity index (χ1v) is 33.4. The van der Waals surface area contributed by atoms with Crippen molar-refractivity contribution >= 4 is 80.0 Å². The molecule has 0 fully saturated rings. The molecule has 0 bridgehead atoms. The van der Waals surface area contributed by atoms with Crippen LogP contribution in [0, 0.1) is 0 Å². The number of rotatable bonds is 12. The summed E-state index contributed by atoms with van der Waals surface area (Å²) in [5.74, 6) is 0. The number of anilines is 6. The van der Waals surface area contributed by atoms with Crippen LogP contribution in [0.25, 0.3) is 90.4 Å². The summed E-state index contributed by atoms with van der Waals surface area (Å²) < 4.78 is 0. The van der Waals surface area contributed by atoms with Crippen LogP contribution >= 0.6 is 0 Å². The molecule has 0 N–H and O–H groups in total. The first-order valence-electron chi connectivity index (χ1n) is 33.4. The Kier molecular flexibility index (Phi) is 14.8. The minimum atomic E-state index is -0.195. The summed E-state index contributed by atoms with van der Waals surface area (Å²) in [5, 5.41) is 4.92. The second-order valence-corrected chi connectivity index (χ2v) is 29.1. The van der Waals surface area contributed by atoms with Crippen LogP contribution in [-0.2, 0) is 21.7 Å². The van der Waals surface area contributed by atoms with Crippen LogP contribution < -0.4 is 9.80 Å². The SMILES string of the molecule is CC(C)(C)c1ccc(N(c2ccc3c(c2)C(C)(C)c2cc(C=Cc4ccc(-c5ccc(-c6ccc(C=Cc7ccc8c(c7)C(C)(C)c7cc(N(c9ccc(C(C)(C)C)cc9)c9cccc%10ccccc9%10)ccc7-8)cc6)cc5)cc4)ccc2-3)c2cccc3ccccc23)cc1. The zero-order valence-electron chi connectivity index (χ0n) is 55.8. The lowest BCUT2D eigenvalue weighted by Crippen LogP contribution is -2.17. The second kappa shape index (κ2) is 23.2. The van der Waals surface area contributed by atoms with Gasteiger partial charge in [0.15, 0.2) is 0 Å². The lowest BCUT2D eigenvalue weighted by molar-refractivity contribution is 0.590. The molecule has 0 saturated heterocycles. The molecule has 0 unspecified atom stereocenters. The Morgan fingerprint density at radius 2 is 0.553 bits per heavy atom. The van der Waals surface area contributed by atoms with E-state index in [0.29, 0.717) is 0 Å². The molecule has 0 amide bonds. The van der Waals surface area contributed by atoms with E-state index in [1.54, 1.807) is 0 Å². The Hall–Kier alpha value is -10.5. The summed E-state index contributed by atoms with van der Waals surface area (Å²) in [5.41, 5.74) is 29.6. The third-order valence-electron chi connectivity index (χ3n) is 20.2. The van der Waals surface area contributed by atoms with E-state index in [9.17, 15) is 0 Å². The molecular formula is C92H80N2. The van der Waals surface area contributed by atoms with Crippen molar-refractivity contribution in [2.45, 2.75) is 90.9 Å². The molecule has 2 aliphatic carbocycles. The number of benzene rings is 13. The van der Waals surface area contributed by atoms with E-state index in [4.69, 9.17) is 0 Å². The summed E-state index contributed by atoms with van der Waals surface area (Å²) in [7, 11) is 0. The molecule has 0 atom stereocenters. The van der Waals surface area contributed by atoms with Crippen LogP contribution in [-0.4, -0.2) is 0 Å². The molecule has 0 aliphatic heterocycles. The van der Waals surface area contributed by atoms with Gasteiger partial charge in [0.25, 0.3) is 0 Å².